The van der Waals surface area contributed by atoms with Crippen molar-refractivity contribution < 1.29 is 17.6 Å². The van der Waals surface area contributed by atoms with E-state index in [9.17, 15) is 13.2 Å². The molecular formula is C19H19BrN2O4S2. The highest BCUT2D eigenvalue weighted by atomic mass is 79.9. The summed E-state index contributed by atoms with van der Waals surface area (Å²) < 4.78 is 33.7. The van der Waals surface area contributed by atoms with Crippen LogP contribution in [-0.2, 0) is 21.4 Å². The number of sulfonamides is 1. The molecule has 2 aromatic heterocycles. The molecule has 3 aromatic rings. The van der Waals surface area contributed by atoms with E-state index in [0.29, 0.717) is 20.8 Å². The van der Waals surface area contributed by atoms with Crippen molar-refractivity contribution in [3.63, 3.8) is 0 Å². The molecule has 28 heavy (non-hydrogen) atoms. The van der Waals surface area contributed by atoms with E-state index in [-0.39, 0.29) is 18.0 Å². The molecule has 1 N–H and O–H groups in total. The summed E-state index contributed by atoms with van der Waals surface area (Å²) in [7, 11) is -3.87. The average Bonchev–Trinajstić information content (AvgIpc) is 3.25. The SMILES string of the molecule is Cc1cc(S(=O)(=O)N(CC(=O)Nc2ccccc2Br)Cc2ccco2)c(C)s1. The van der Waals surface area contributed by atoms with Crippen molar-refractivity contribution in [2.45, 2.75) is 25.3 Å². The van der Waals surface area contributed by atoms with Crippen LogP contribution in [0.5, 0.6) is 0 Å². The summed E-state index contributed by atoms with van der Waals surface area (Å²) in [5, 5.41) is 2.74. The van der Waals surface area contributed by atoms with Crippen molar-refractivity contribution in [3.05, 3.63) is 68.7 Å². The lowest BCUT2D eigenvalue weighted by molar-refractivity contribution is -0.116. The number of nitrogens with one attached hydrogen (secondary N) is 1. The Labute approximate surface area is 176 Å². The van der Waals surface area contributed by atoms with Gasteiger partial charge in [0.05, 0.1) is 29.9 Å². The fourth-order valence-corrected chi connectivity index (χ4v) is 5.99. The maximum absolute atomic E-state index is 13.2. The topological polar surface area (TPSA) is 79.6 Å². The van der Waals surface area contributed by atoms with Gasteiger partial charge < -0.3 is 9.73 Å². The first-order valence-electron chi connectivity index (χ1n) is 8.41. The zero-order chi connectivity index (χ0) is 20.3. The number of nitrogens with zero attached hydrogens (tertiary/aromatic N) is 1. The Bertz CT molecular complexity index is 1080. The van der Waals surface area contributed by atoms with Crippen LogP contribution in [0.3, 0.4) is 0 Å². The van der Waals surface area contributed by atoms with Crippen molar-refractivity contribution >= 4 is 48.9 Å². The van der Waals surface area contributed by atoms with Gasteiger partial charge in [0.1, 0.15) is 5.76 Å². The molecule has 0 saturated carbocycles. The number of amides is 1. The minimum absolute atomic E-state index is 0.0347. The summed E-state index contributed by atoms with van der Waals surface area (Å²) in [4.78, 5) is 14.4. The largest absolute Gasteiger partial charge is 0.468 e. The number of anilines is 1. The highest BCUT2D eigenvalue weighted by molar-refractivity contribution is 9.10. The summed E-state index contributed by atoms with van der Waals surface area (Å²) in [5.41, 5.74) is 0.574. The van der Waals surface area contributed by atoms with E-state index in [0.717, 1.165) is 9.18 Å². The lowest BCUT2D eigenvalue weighted by atomic mass is 10.3. The molecule has 3 rings (SSSR count). The number of halogens is 1. The summed E-state index contributed by atoms with van der Waals surface area (Å²) in [6.07, 6.45) is 1.47. The van der Waals surface area contributed by atoms with Crippen LogP contribution >= 0.6 is 27.3 Å². The smallest absolute Gasteiger partial charge is 0.245 e. The van der Waals surface area contributed by atoms with Crippen LogP contribution in [-0.4, -0.2) is 25.2 Å². The number of benzene rings is 1. The van der Waals surface area contributed by atoms with Gasteiger partial charge in [-0.3, -0.25) is 4.79 Å². The minimum Gasteiger partial charge on any atom is -0.468 e. The molecule has 0 saturated heterocycles. The fourth-order valence-electron chi connectivity index (χ4n) is 2.72. The maximum atomic E-state index is 13.2. The quantitative estimate of drug-likeness (QED) is 0.535. The van der Waals surface area contributed by atoms with E-state index in [1.165, 1.54) is 17.6 Å². The molecule has 0 fully saturated rings. The van der Waals surface area contributed by atoms with Gasteiger partial charge >= 0.3 is 0 Å². The lowest BCUT2D eigenvalue weighted by Gasteiger charge is -2.21. The molecule has 0 unspecified atom stereocenters. The van der Waals surface area contributed by atoms with E-state index in [1.54, 1.807) is 43.3 Å². The third-order valence-electron chi connectivity index (χ3n) is 3.99. The third-order valence-corrected chi connectivity index (χ3v) is 7.70. The highest BCUT2D eigenvalue weighted by Crippen LogP contribution is 2.29. The average molecular weight is 483 g/mol. The van der Waals surface area contributed by atoms with Gasteiger partial charge in [-0.1, -0.05) is 12.1 Å². The van der Waals surface area contributed by atoms with Crippen LogP contribution in [0.15, 0.2) is 62.5 Å². The summed E-state index contributed by atoms with van der Waals surface area (Å²) >= 11 is 4.78. The van der Waals surface area contributed by atoms with Gasteiger partial charge in [-0.15, -0.1) is 11.3 Å². The number of para-hydroxylation sites is 1. The summed E-state index contributed by atoms with van der Waals surface area (Å²) in [6, 6.07) is 12.1. The van der Waals surface area contributed by atoms with E-state index >= 15 is 0 Å². The van der Waals surface area contributed by atoms with Gasteiger partial charge in [-0.2, -0.15) is 4.31 Å². The number of hydrogen-bond acceptors (Lipinski definition) is 5. The van der Waals surface area contributed by atoms with Crippen molar-refractivity contribution in [1.82, 2.24) is 4.31 Å². The van der Waals surface area contributed by atoms with Crippen LogP contribution in [0, 0.1) is 13.8 Å². The molecule has 2 heterocycles. The molecule has 148 valence electrons. The van der Waals surface area contributed by atoms with E-state index < -0.39 is 15.9 Å². The highest BCUT2D eigenvalue weighted by Gasteiger charge is 2.30. The first kappa shape index (κ1) is 20.8. The molecule has 6 nitrogen and oxygen atoms in total. The van der Waals surface area contributed by atoms with Gasteiger partial charge in [-0.05, 0) is 60.1 Å². The molecule has 1 aromatic carbocycles. The second kappa shape index (κ2) is 8.60. The second-order valence-corrected chi connectivity index (χ2v) is 10.4. The third kappa shape index (κ3) is 4.72. The Morgan fingerprint density at radius 1 is 1.21 bits per heavy atom. The number of carbonyl (C=O) groups excluding carboxylic acids is 1. The van der Waals surface area contributed by atoms with Crippen LogP contribution in [0.4, 0.5) is 5.69 Å². The molecule has 0 aliphatic rings. The van der Waals surface area contributed by atoms with Crippen LogP contribution in [0.2, 0.25) is 0 Å². The summed E-state index contributed by atoms with van der Waals surface area (Å²) in [5.74, 6) is 0.0218. The zero-order valence-corrected chi connectivity index (χ0v) is 18.5. The van der Waals surface area contributed by atoms with Crippen molar-refractivity contribution in [2.75, 3.05) is 11.9 Å². The number of thiophene rings is 1. The minimum atomic E-state index is -3.87. The lowest BCUT2D eigenvalue weighted by Crippen LogP contribution is -2.37. The maximum Gasteiger partial charge on any atom is 0.245 e. The number of rotatable bonds is 7. The predicted octanol–water partition coefficient (Wildman–Crippen LogP) is 4.55. The van der Waals surface area contributed by atoms with E-state index in [4.69, 9.17) is 4.42 Å². The molecule has 0 bridgehead atoms. The standard InChI is InChI=1S/C19H19BrN2O4S2/c1-13-10-18(14(2)27-13)28(24,25)22(11-15-6-5-9-26-15)12-19(23)21-17-8-4-3-7-16(17)20/h3-10H,11-12H2,1-2H3,(H,21,23). The molecule has 1 amide bonds. The fraction of sp³-hybridized carbons (Fsp3) is 0.211. The molecule has 9 heteroatoms. The van der Waals surface area contributed by atoms with Crippen LogP contribution in [0.1, 0.15) is 15.5 Å². The molecule has 0 aliphatic carbocycles. The van der Waals surface area contributed by atoms with Crippen LogP contribution in [0.25, 0.3) is 0 Å². The van der Waals surface area contributed by atoms with Crippen molar-refractivity contribution in [1.29, 1.82) is 0 Å². The Kier molecular flexibility index (Phi) is 6.39. The molecular weight excluding hydrogens is 464 g/mol. The molecule has 0 radical (unpaired) electrons. The molecule has 0 spiro atoms. The van der Waals surface area contributed by atoms with Crippen molar-refractivity contribution in [2.24, 2.45) is 0 Å². The van der Waals surface area contributed by atoms with Gasteiger partial charge in [0.15, 0.2) is 0 Å². The second-order valence-electron chi connectivity index (χ2n) is 6.16. The van der Waals surface area contributed by atoms with E-state index in [1.807, 2.05) is 13.0 Å². The van der Waals surface area contributed by atoms with Gasteiger partial charge in [-0.25, -0.2) is 8.42 Å². The van der Waals surface area contributed by atoms with Crippen molar-refractivity contribution in [3.8, 4) is 0 Å². The van der Waals surface area contributed by atoms with Gasteiger partial charge in [0.2, 0.25) is 15.9 Å². The Balaban J connectivity index is 1.88. The first-order chi connectivity index (χ1) is 13.3. The van der Waals surface area contributed by atoms with Crippen LogP contribution < -0.4 is 5.32 Å². The zero-order valence-electron chi connectivity index (χ0n) is 15.3. The number of aryl methyl sites for hydroxylation is 2. The normalized spacial score (nSPS) is 11.7. The number of furan rings is 1. The Morgan fingerprint density at radius 2 is 1.96 bits per heavy atom. The monoisotopic (exact) mass is 482 g/mol. The molecule has 0 atom stereocenters. The Hall–Kier alpha value is -1.94. The van der Waals surface area contributed by atoms with Gasteiger partial charge in [0, 0.05) is 14.2 Å². The molecule has 0 aliphatic heterocycles. The summed E-state index contributed by atoms with van der Waals surface area (Å²) in [6.45, 7) is 3.25. The first-order valence-corrected chi connectivity index (χ1v) is 11.5. The predicted molar refractivity (Wildman–Crippen MR) is 113 cm³/mol. The van der Waals surface area contributed by atoms with Gasteiger partial charge in [0.25, 0.3) is 0 Å². The van der Waals surface area contributed by atoms with E-state index in [2.05, 4.69) is 21.2 Å². The Morgan fingerprint density at radius 3 is 2.57 bits per heavy atom. The number of carbonyl (C=O) groups is 1. The number of hydrogen-bond donors (Lipinski definition) is 1.